The third-order valence-electron chi connectivity index (χ3n) is 6.53. The smallest absolute Gasteiger partial charge is 0.238 e. The topological polar surface area (TPSA) is 56.7 Å². The summed E-state index contributed by atoms with van der Waals surface area (Å²) >= 11 is 0. The van der Waals surface area contributed by atoms with Crippen molar-refractivity contribution in [1.82, 2.24) is 19.5 Å². The summed E-state index contributed by atoms with van der Waals surface area (Å²) in [5.74, 6) is 0.397. The summed E-state index contributed by atoms with van der Waals surface area (Å²) in [6.07, 6.45) is 0. The zero-order valence-corrected chi connectivity index (χ0v) is 19.6. The van der Waals surface area contributed by atoms with Crippen molar-refractivity contribution in [1.29, 1.82) is 0 Å². The fourth-order valence-corrected chi connectivity index (χ4v) is 4.80. The maximum absolute atomic E-state index is 8.86. The van der Waals surface area contributed by atoms with E-state index in [1.165, 1.54) is 4.57 Å². The molecule has 5 heteroatoms. The van der Waals surface area contributed by atoms with Crippen LogP contribution in [0, 0.1) is 0 Å². The lowest BCUT2D eigenvalue weighted by Gasteiger charge is -2.10. The third kappa shape index (κ3) is 3.15. The highest BCUT2D eigenvalue weighted by Gasteiger charge is 2.18. The Labute approximate surface area is 228 Å². The maximum Gasteiger partial charge on any atom is 0.238 e. The van der Waals surface area contributed by atoms with Gasteiger partial charge in [-0.2, -0.15) is 9.97 Å². The van der Waals surface area contributed by atoms with E-state index in [0.29, 0.717) is 16.7 Å². The summed E-state index contributed by atoms with van der Waals surface area (Å²) in [6, 6.07) is 18.6. The molecule has 0 saturated carbocycles. The number of hydrogen-bond acceptors (Lipinski definition) is 4. The highest BCUT2D eigenvalue weighted by atomic mass is 16.3. The Balaban J connectivity index is 1.51. The van der Waals surface area contributed by atoms with E-state index in [1.54, 1.807) is 0 Å². The van der Waals surface area contributed by atoms with E-state index in [9.17, 15) is 0 Å². The molecule has 0 bridgehead atoms. The molecule has 5 nitrogen and oxygen atoms in total. The Morgan fingerprint density at radius 3 is 1.95 bits per heavy atom. The molecule has 0 spiro atoms. The molecule has 0 aliphatic rings. The van der Waals surface area contributed by atoms with Gasteiger partial charge in [0.25, 0.3) is 0 Å². The van der Waals surface area contributed by atoms with Gasteiger partial charge in [-0.05, 0) is 30.3 Å². The fraction of sp³-hybridized carbons (Fsp3) is 0. The second-order valence-electron chi connectivity index (χ2n) is 8.74. The number of para-hydroxylation sites is 3. The Morgan fingerprint density at radius 1 is 0.553 bits per heavy atom. The molecule has 0 saturated heterocycles. The monoisotopic (exact) mass is 496 g/mol. The van der Waals surface area contributed by atoms with Crippen LogP contribution in [0.4, 0.5) is 0 Å². The van der Waals surface area contributed by atoms with Gasteiger partial charge in [-0.15, -0.1) is 0 Å². The minimum atomic E-state index is -0.524. The van der Waals surface area contributed by atoms with Crippen LogP contribution < -0.4 is 0 Å². The van der Waals surface area contributed by atoms with Crippen molar-refractivity contribution in [2.24, 2.45) is 0 Å². The molecule has 0 amide bonds. The first-order valence-corrected chi connectivity index (χ1v) is 11.9. The van der Waals surface area contributed by atoms with Gasteiger partial charge >= 0.3 is 0 Å². The largest absolute Gasteiger partial charge is 0.456 e. The molecule has 0 fully saturated rings. The molecule has 0 unspecified atom stereocenters. The molecule has 0 aliphatic carbocycles. The van der Waals surface area contributed by atoms with E-state index in [1.807, 2.05) is 72.8 Å². The Hall–Kier alpha value is -5.29. The predicted molar refractivity (Wildman–Crippen MR) is 152 cm³/mol. The third-order valence-corrected chi connectivity index (χ3v) is 6.53. The van der Waals surface area contributed by atoms with Crippen molar-refractivity contribution >= 4 is 43.7 Å². The van der Waals surface area contributed by atoms with Crippen LogP contribution in [0.15, 0.2) is 126 Å². The number of nitrogens with zero attached hydrogens (tertiary/aromatic N) is 4. The second kappa shape index (κ2) is 8.11. The lowest BCUT2D eigenvalue weighted by atomic mass is 10.1. The summed E-state index contributed by atoms with van der Waals surface area (Å²) in [5.41, 5.74) is 2.42. The zero-order chi connectivity index (χ0) is 32.0. The lowest BCUT2D eigenvalue weighted by Crippen LogP contribution is -2.06. The van der Waals surface area contributed by atoms with Gasteiger partial charge in [0.15, 0.2) is 11.6 Å². The first-order valence-electron chi connectivity index (χ1n) is 15.9. The average Bonchev–Trinajstić information content (AvgIpc) is 3.64. The van der Waals surface area contributed by atoms with E-state index in [-0.39, 0.29) is 39.4 Å². The molecule has 0 N–H and O–H groups in total. The summed E-state index contributed by atoms with van der Waals surface area (Å²) in [7, 11) is 0. The van der Waals surface area contributed by atoms with Gasteiger partial charge in [-0.3, -0.25) is 4.57 Å². The molecule has 0 aliphatic heterocycles. The summed E-state index contributed by atoms with van der Waals surface area (Å²) in [6.45, 7) is 0. The van der Waals surface area contributed by atoms with E-state index in [4.69, 9.17) is 30.3 Å². The van der Waals surface area contributed by atoms with Crippen LogP contribution in [0.1, 0.15) is 11.0 Å². The van der Waals surface area contributed by atoms with Crippen LogP contribution in [0.5, 0.6) is 0 Å². The normalized spacial score (nSPS) is 14.6. The number of hydrogen-bond donors (Lipinski definition) is 0. The highest BCUT2D eigenvalue weighted by molar-refractivity contribution is 6.09. The number of fused-ring (bicyclic) bond motifs is 6. The minimum absolute atomic E-state index is 0.0556. The van der Waals surface area contributed by atoms with E-state index in [2.05, 4.69) is 0 Å². The van der Waals surface area contributed by atoms with E-state index >= 15 is 0 Å². The van der Waals surface area contributed by atoms with Crippen molar-refractivity contribution in [3.8, 4) is 28.7 Å². The van der Waals surface area contributed by atoms with Gasteiger partial charge in [0.1, 0.15) is 11.2 Å². The number of furan rings is 1. The first-order chi connectivity index (χ1) is 22.2. The van der Waals surface area contributed by atoms with Gasteiger partial charge in [0, 0.05) is 32.7 Å². The van der Waals surface area contributed by atoms with Gasteiger partial charge < -0.3 is 4.42 Å². The minimum Gasteiger partial charge on any atom is -0.456 e. The van der Waals surface area contributed by atoms with Crippen molar-refractivity contribution < 1.29 is 15.4 Å². The SMILES string of the molecule is [2H]c1c([2H])c([2H])c2c(c1[2H])c1c([2H])c([2H])c([2H])c([2H])c1n2-c1nc(-c2ccccc2)nc(-c2ccc3c(c2)oc2ccccc23)n1. The van der Waals surface area contributed by atoms with E-state index < -0.39 is 48.3 Å². The highest BCUT2D eigenvalue weighted by Crippen LogP contribution is 2.34. The first kappa shape index (κ1) is 14.4. The lowest BCUT2D eigenvalue weighted by molar-refractivity contribution is 0.669. The van der Waals surface area contributed by atoms with Gasteiger partial charge in [0.05, 0.1) is 22.0 Å². The van der Waals surface area contributed by atoms with Crippen LogP contribution in [-0.4, -0.2) is 19.5 Å². The molecule has 0 atom stereocenters. The number of rotatable bonds is 3. The van der Waals surface area contributed by atoms with Crippen molar-refractivity contribution in [2.45, 2.75) is 0 Å². The van der Waals surface area contributed by atoms with Crippen LogP contribution in [0.3, 0.4) is 0 Å². The molecule has 178 valence electrons. The molecule has 8 aromatic rings. The quantitative estimate of drug-likeness (QED) is 0.247. The Bertz CT molecular complexity index is 2500. The molecular formula is C33H20N4O. The average molecular weight is 497 g/mol. The molecule has 3 heterocycles. The van der Waals surface area contributed by atoms with Crippen LogP contribution in [-0.2, 0) is 0 Å². The zero-order valence-electron chi connectivity index (χ0n) is 27.6. The molecule has 8 rings (SSSR count). The van der Waals surface area contributed by atoms with Crippen LogP contribution in [0.2, 0.25) is 0 Å². The maximum atomic E-state index is 8.86. The number of benzene rings is 5. The summed E-state index contributed by atoms with van der Waals surface area (Å²) in [4.78, 5) is 14.3. The Kier molecular flexibility index (Phi) is 3.09. The molecule has 3 aromatic heterocycles. The number of aromatic nitrogens is 4. The van der Waals surface area contributed by atoms with Gasteiger partial charge in [-0.1, -0.05) is 90.9 Å². The van der Waals surface area contributed by atoms with Gasteiger partial charge in [-0.25, -0.2) is 4.98 Å². The van der Waals surface area contributed by atoms with Crippen molar-refractivity contribution in [3.05, 3.63) is 121 Å². The molecule has 38 heavy (non-hydrogen) atoms. The standard InChI is InChI=1S/C33H20N4O/c1-2-10-21(11-3-1)31-34-32(22-18-19-26-25-14-6-9-17-29(25)38-30(26)20-22)36-33(35-31)37-27-15-7-4-12-23(27)24-13-5-8-16-28(24)37/h1-20H/i4D,5D,7D,8D,12D,13D,15D,16D. The van der Waals surface area contributed by atoms with Gasteiger partial charge in [0.2, 0.25) is 5.95 Å². The summed E-state index contributed by atoms with van der Waals surface area (Å²) < 4.78 is 76.1. The summed E-state index contributed by atoms with van der Waals surface area (Å²) in [5, 5.41) is 1.75. The predicted octanol–water partition coefficient (Wildman–Crippen LogP) is 8.20. The molecule has 5 aromatic carbocycles. The molecular weight excluding hydrogens is 468 g/mol. The van der Waals surface area contributed by atoms with Crippen LogP contribution in [0.25, 0.3) is 72.5 Å². The van der Waals surface area contributed by atoms with Crippen LogP contribution >= 0.6 is 0 Å². The fourth-order valence-electron chi connectivity index (χ4n) is 4.80. The van der Waals surface area contributed by atoms with E-state index in [0.717, 1.165) is 16.4 Å². The molecule has 0 radical (unpaired) electrons. The van der Waals surface area contributed by atoms with Crippen molar-refractivity contribution in [3.63, 3.8) is 0 Å². The Morgan fingerprint density at radius 2 is 1.18 bits per heavy atom. The van der Waals surface area contributed by atoms with Crippen molar-refractivity contribution in [2.75, 3.05) is 0 Å². The second-order valence-corrected chi connectivity index (χ2v) is 8.74.